The van der Waals surface area contributed by atoms with Crippen LogP contribution in [0.5, 0.6) is 0 Å². The van der Waals surface area contributed by atoms with E-state index in [9.17, 15) is 9.59 Å². The lowest BCUT2D eigenvalue weighted by Gasteiger charge is -2.06. The zero-order chi connectivity index (χ0) is 12.5. The Morgan fingerprint density at radius 3 is 2.59 bits per heavy atom. The highest BCUT2D eigenvalue weighted by Gasteiger charge is 2.02. The number of hydrogen-bond acceptors (Lipinski definition) is 3. The fourth-order valence-electron chi connectivity index (χ4n) is 1.19. The van der Waals surface area contributed by atoms with Crippen molar-refractivity contribution in [3.05, 3.63) is 35.9 Å². The van der Waals surface area contributed by atoms with Crippen molar-refractivity contribution in [1.29, 1.82) is 0 Å². The van der Waals surface area contributed by atoms with Crippen LogP contribution in [0.2, 0.25) is 0 Å². The molecule has 0 aromatic heterocycles. The van der Waals surface area contributed by atoms with Gasteiger partial charge in [0.15, 0.2) is 0 Å². The number of ether oxygens (including phenoxy) is 1. The van der Waals surface area contributed by atoms with Crippen molar-refractivity contribution in [1.82, 2.24) is 5.32 Å². The predicted octanol–water partition coefficient (Wildman–Crippen LogP) is 2.46. The van der Waals surface area contributed by atoms with Crippen molar-refractivity contribution in [2.45, 2.75) is 19.4 Å². The Morgan fingerprint density at radius 2 is 1.94 bits per heavy atom. The highest BCUT2D eigenvalue weighted by molar-refractivity contribution is 6.63. The van der Waals surface area contributed by atoms with Gasteiger partial charge in [-0.25, -0.2) is 4.79 Å². The third kappa shape index (κ3) is 6.58. The van der Waals surface area contributed by atoms with Gasteiger partial charge in [-0.05, 0) is 23.6 Å². The van der Waals surface area contributed by atoms with E-state index in [0.29, 0.717) is 13.0 Å². The fourth-order valence-corrected chi connectivity index (χ4v) is 1.33. The standard InChI is InChI=1S/C12H14ClNO3/c13-11(15)7-4-8-14-12(16)17-9-10-5-2-1-3-6-10/h1-3,5-6H,4,7-9H2,(H,14,16). The topological polar surface area (TPSA) is 55.4 Å². The first-order chi connectivity index (χ1) is 8.18. The van der Waals surface area contributed by atoms with Crippen LogP contribution in [-0.4, -0.2) is 17.9 Å². The van der Waals surface area contributed by atoms with Crippen LogP contribution < -0.4 is 5.32 Å². The summed E-state index contributed by atoms with van der Waals surface area (Å²) in [7, 11) is 0. The predicted molar refractivity (Wildman–Crippen MR) is 64.7 cm³/mol. The Hall–Kier alpha value is -1.55. The zero-order valence-corrected chi connectivity index (χ0v) is 10.1. The summed E-state index contributed by atoms with van der Waals surface area (Å²) in [5.74, 6) is 0. The number of benzene rings is 1. The molecule has 17 heavy (non-hydrogen) atoms. The van der Waals surface area contributed by atoms with Crippen molar-refractivity contribution < 1.29 is 14.3 Å². The quantitative estimate of drug-likeness (QED) is 0.628. The summed E-state index contributed by atoms with van der Waals surface area (Å²) in [5, 5.41) is 2.14. The normalized spacial score (nSPS) is 9.71. The minimum absolute atomic E-state index is 0.237. The molecule has 0 saturated heterocycles. The molecule has 1 amide bonds. The first-order valence-electron chi connectivity index (χ1n) is 5.31. The Kier molecular flexibility index (Phi) is 6.10. The average molecular weight is 256 g/mol. The van der Waals surface area contributed by atoms with E-state index in [1.807, 2.05) is 30.3 Å². The number of carbonyl (C=O) groups excluding carboxylic acids is 2. The lowest BCUT2D eigenvalue weighted by Crippen LogP contribution is -2.25. The molecule has 4 nitrogen and oxygen atoms in total. The number of amides is 1. The summed E-state index contributed by atoms with van der Waals surface area (Å²) in [6.45, 7) is 0.618. The molecule has 0 bridgehead atoms. The van der Waals surface area contributed by atoms with Gasteiger partial charge in [0.1, 0.15) is 6.61 Å². The second-order valence-electron chi connectivity index (χ2n) is 3.45. The molecule has 0 unspecified atom stereocenters. The van der Waals surface area contributed by atoms with Gasteiger partial charge in [-0.1, -0.05) is 30.3 Å². The Balaban J connectivity index is 2.11. The maximum atomic E-state index is 11.2. The van der Waals surface area contributed by atoms with E-state index in [4.69, 9.17) is 16.3 Å². The largest absolute Gasteiger partial charge is 0.445 e. The van der Waals surface area contributed by atoms with Crippen LogP contribution in [0.1, 0.15) is 18.4 Å². The second-order valence-corrected chi connectivity index (χ2v) is 3.87. The number of halogens is 1. The van der Waals surface area contributed by atoms with Gasteiger partial charge in [0.2, 0.25) is 5.24 Å². The average Bonchev–Trinajstić information content (AvgIpc) is 2.33. The second kappa shape index (κ2) is 7.68. The lowest BCUT2D eigenvalue weighted by atomic mass is 10.2. The Morgan fingerprint density at radius 1 is 1.24 bits per heavy atom. The van der Waals surface area contributed by atoms with E-state index in [-0.39, 0.29) is 13.0 Å². The highest BCUT2D eigenvalue weighted by atomic mass is 35.5. The number of rotatable bonds is 6. The SMILES string of the molecule is O=C(Cl)CCCNC(=O)OCc1ccccc1. The molecule has 0 spiro atoms. The Bertz CT molecular complexity index is 367. The minimum atomic E-state index is -0.490. The molecule has 1 N–H and O–H groups in total. The zero-order valence-electron chi connectivity index (χ0n) is 9.32. The van der Waals surface area contributed by atoms with Gasteiger partial charge in [0.05, 0.1) is 0 Å². The molecule has 0 atom stereocenters. The molecular weight excluding hydrogens is 242 g/mol. The van der Waals surface area contributed by atoms with E-state index in [1.165, 1.54) is 0 Å². The molecule has 0 fully saturated rings. The molecule has 0 radical (unpaired) electrons. The van der Waals surface area contributed by atoms with Crippen LogP contribution >= 0.6 is 11.6 Å². The van der Waals surface area contributed by atoms with Crippen LogP contribution in [0, 0.1) is 0 Å². The van der Waals surface area contributed by atoms with Crippen LogP contribution in [0.15, 0.2) is 30.3 Å². The first-order valence-corrected chi connectivity index (χ1v) is 5.69. The number of alkyl carbamates (subject to hydrolysis) is 1. The first kappa shape index (κ1) is 13.5. The number of hydrogen-bond donors (Lipinski definition) is 1. The van der Waals surface area contributed by atoms with Crippen LogP contribution in [-0.2, 0) is 16.1 Å². The molecule has 0 aliphatic heterocycles. The summed E-state index contributed by atoms with van der Waals surface area (Å²) in [6, 6.07) is 9.40. The number of nitrogens with one attached hydrogen (secondary N) is 1. The summed E-state index contributed by atoms with van der Waals surface area (Å²) in [4.78, 5) is 21.6. The van der Waals surface area contributed by atoms with Crippen molar-refractivity contribution in [2.24, 2.45) is 0 Å². The van der Waals surface area contributed by atoms with E-state index >= 15 is 0 Å². The summed E-state index contributed by atoms with van der Waals surface area (Å²) < 4.78 is 4.97. The van der Waals surface area contributed by atoms with Gasteiger partial charge in [0, 0.05) is 13.0 Å². The van der Waals surface area contributed by atoms with Crippen LogP contribution in [0.25, 0.3) is 0 Å². The van der Waals surface area contributed by atoms with E-state index in [2.05, 4.69) is 5.32 Å². The van der Waals surface area contributed by atoms with Gasteiger partial charge < -0.3 is 10.1 Å². The molecule has 1 aromatic carbocycles. The maximum Gasteiger partial charge on any atom is 0.407 e. The van der Waals surface area contributed by atoms with Gasteiger partial charge >= 0.3 is 6.09 Å². The third-order valence-electron chi connectivity index (χ3n) is 2.03. The van der Waals surface area contributed by atoms with Crippen LogP contribution in [0.3, 0.4) is 0 Å². The molecule has 0 saturated carbocycles. The maximum absolute atomic E-state index is 11.2. The smallest absolute Gasteiger partial charge is 0.407 e. The highest BCUT2D eigenvalue weighted by Crippen LogP contribution is 2.00. The minimum Gasteiger partial charge on any atom is -0.445 e. The molecule has 0 aliphatic rings. The van der Waals surface area contributed by atoms with Gasteiger partial charge in [-0.2, -0.15) is 0 Å². The summed E-state index contributed by atoms with van der Waals surface area (Å²) >= 11 is 5.15. The van der Waals surface area contributed by atoms with Crippen molar-refractivity contribution in [3.8, 4) is 0 Å². The molecular formula is C12H14ClNO3. The molecule has 92 valence electrons. The summed E-state index contributed by atoms with van der Waals surface area (Å²) in [5.41, 5.74) is 0.929. The van der Waals surface area contributed by atoms with E-state index in [1.54, 1.807) is 0 Å². The summed E-state index contributed by atoms with van der Waals surface area (Å²) in [6.07, 6.45) is 0.277. The Labute approximate surface area is 105 Å². The molecule has 0 heterocycles. The lowest BCUT2D eigenvalue weighted by molar-refractivity contribution is -0.111. The van der Waals surface area contributed by atoms with Gasteiger partial charge in [-0.15, -0.1) is 0 Å². The molecule has 1 rings (SSSR count). The van der Waals surface area contributed by atoms with Crippen molar-refractivity contribution in [3.63, 3.8) is 0 Å². The molecule has 0 aliphatic carbocycles. The fraction of sp³-hybridized carbons (Fsp3) is 0.333. The van der Waals surface area contributed by atoms with E-state index < -0.39 is 11.3 Å². The molecule has 1 aromatic rings. The van der Waals surface area contributed by atoms with Gasteiger partial charge in [0.25, 0.3) is 0 Å². The third-order valence-corrected chi connectivity index (χ3v) is 2.22. The van der Waals surface area contributed by atoms with Crippen molar-refractivity contribution >= 4 is 22.9 Å². The van der Waals surface area contributed by atoms with Crippen molar-refractivity contribution in [2.75, 3.05) is 6.54 Å². The van der Waals surface area contributed by atoms with Gasteiger partial charge in [-0.3, -0.25) is 4.79 Å². The monoisotopic (exact) mass is 255 g/mol. The molecule has 5 heteroatoms. The van der Waals surface area contributed by atoms with Crippen LogP contribution in [0.4, 0.5) is 4.79 Å². The van der Waals surface area contributed by atoms with E-state index in [0.717, 1.165) is 5.56 Å². The number of carbonyl (C=O) groups is 2.